The molecule has 2 saturated heterocycles. The zero-order valence-electron chi connectivity index (χ0n) is 20.6. The van der Waals surface area contributed by atoms with Crippen molar-refractivity contribution < 1.29 is 27.8 Å². The number of aromatic nitrogens is 3. The third-order valence-corrected chi connectivity index (χ3v) is 6.55. The van der Waals surface area contributed by atoms with Crippen LogP contribution in [0.4, 0.5) is 20.5 Å². The number of hydrogen-bond acceptors (Lipinski definition) is 9. The van der Waals surface area contributed by atoms with Crippen LogP contribution in [-0.2, 0) is 9.47 Å². The lowest BCUT2D eigenvalue weighted by Crippen LogP contribution is -2.46. The Bertz CT molecular complexity index is 1310. The van der Waals surface area contributed by atoms with E-state index >= 15 is 0 Å². The summed E-state index contributed by atoms with van der Waals surface area (Å²) in [6, 6.07) is 8.10. The van der Waals surface area contributed by atoms with Crippen molar-refractivity contribution in [1.29, 1.82) is 0 Å². The first-order valence-corrected chi connectivity index (χ1v) is 12.1. The van der Waals surface area contributed by atoms with Gasteiger partial charge in [-0.2, -0.15) is 18.7 Å². The second-order valence-electron chi connectivity index (χ2n) is 9.10. The Morgan fingerprint density at radius 1 is 1.03 bits per heavy atom. The Kier molecular flexibility index (Phi) is 7.02. The van der Waals surface area contributed by atoms with E-state index in [0.717, 1.165) is 11.2 Å². The average molecular weight is 515 g/mol. The molecule has 2 aromatic heterocycles. The smallest absolute Gasteiger partial charge is 0.387 e. The predicted octanol–water partition coefficient (Wildman–Crippen LogP) is 2.84. The normalized spacial score (nSPS) is 20.5. The van der Waals surface area contributed by atoms with Crippen molar-refractivity contribution in [2.45, 2.75) is 32.5 Å². The number of pyridine rings is 1. The van der Waals surface area contributed by atoms with E-state index < -0.39 is 12.5 Å². The zero-order chi connectivity index (χ0) is 26.1. The van der Waals surface area contributed by atoms with Gasteiger partial charge in [0.05, 0.1) is 55.2 Å². The fraction of sp³-hybridized carbons (Fsp3) is 0.440. The van der Waals surface area contributed by atoms with Gasteiger partial charge in [-0.15, -0.1) is 0 Å². The van der Waals surface area contributed by atoms with Gasteiger partial charge >= 0.3 is 6.61 Å². The number of rotatable bonds is 6. The minimum atomic E-state index is -3.08. The Morgan fingerprint density at radius 3 is 2.38 bits per heavy atom. The van der Waals surface area contributed by atoms with Gasteiger partial charge < -0.3 is 29.7 Å². The molecule has 0 saturated carbocycles. The monoisotopic (exact) mass is 514 g/mol. The molecule has 3 aromatic rings. The number of hydrogen-bond donors (Lipinski definition) is 1. The van der Waals surface area contributed by atoms with Crippen molar-refractivity contribution >= 4 is 28.7 Å². The van der Waals surface area contributed by atoms with Crippen LogP contribution in [0.2, 0.25) is 0 Å². The number of nitrogens with two attached hydrogens (primary N) is 1. The summed E-state index contributed by atoms with van der Waals surface area (Å²) in [6.07, 6.45) is 0. The zero-order valence-corrected chi connectivity index (χ0v) is 20.6. The van der Waals surface area contributed by atoms with E-state index in [-0.39, 0.29) is 23.4 Å². The Hall–Kier alpha value is -3.64. The fourth-order valence-corrected chi connectivity index (χ4v) is 4.64. The number of anilines is 2. The van der Waals surface area contributed by atoms with Crippen LogP contribution in [0.5, 0.6) is 5.75 Å². The van der Waals surface area contributed by atoms with Gasteiger partial charge in [-0.3, -0.25) is 4.79 Å². The van der Waals surface area contributed by atoms with E-state index in [1.807, 2.05) is 6.07 Å². The maximum absolute atomic E-state index is 12.8. The molecule has 0 aliphatic carbocycles. The number of amides is 1. The molecule has 5 rings (SSSR count). The standard InChI is InChI=1S/C25H28F2N6O4/c1-14-12-35-9-7-32(14)23-17-4-5-19(16-3-6-20(37-24(26)27)18(11-16)21(28)34)29-22(17)30-25(31-23)33-8-10-36-13-15(33)2/h3-6,11,14-15,24H,7-10,12-13H2,1-2H3,(H2,28,34). The number of ether oxygens (including phenoxy) is 3. The molecular formula is C25H28F2N6O4. The van der Waals surface area contributed by atoms with Gasteiger partial charge in [-0.1, -0.05) is 0 Å². The molecule has 2 atom stereocenters. The molecule has 0 bridgehead atoms. The molecule has 2 aliphatic rings. The quantitative estimate of drug-likeness (QED) is 0.530. The molecule has 2 fully saturated rings. The Balaban J connectivity index is 1.62. The second kappa shape index (κ2) is 10.4. The van der Waals surface area contributed by atoms with E-state index in [0.29, 0.717) is 62.4 Å². The van der Waals surface area contributed by atoms with Gasteiger partial charge in [0.2, 0.25) is 5.95 Å². The molecule has 196 valence electrons. The van der Waals surface area contributed by atoms with Gasteiger partial charge in [0.25, 0.3) is 5.91 Å². The summed E-state index contributed by atoms with van der Waals surface area (Å²) in [5.74, 6) is 0.154. The Morgan fingerprint density at radius 2 is 1.73 bits per heavy atom. The molecule has 2 aliphatic heterocycles. The molecule has 10 nitrogen and oxygen atoms in total. The van der Waals surface area contributed by atoms with Crippen molar-refractivity contribution in [3.05, 3.63) is 35.9 Å². The second-order valence-corrected chi connectivity index (χ2v) is 9.10. The first kappa shape index (κ1) is 25.0. The number of morpholine rings is 2. The van der Waals surface area contributed by atoms with Crippen LogP contribution in [0.15, 0.2) is 30.3 Å². The molecule has 12 heteroatoms. The highest BCUT2D eigenvalue weighted by molar-refractivity contribution is 5.97. The number of halogens is 2. The maximum atomic E-state index is 12.8. The van der Waals surface area contributed by atoms with Crippen molar-refractivity contribution in [3.63, 3.8) is 0 Å². The summed E-state index contributed by atoms with van der Waals surface area (Å²) in [6.45, 7) is 4.71. The predicted molar refractivity (Wildman–Crippen MR) is 133 cm³/mol. The summed E-state index contributed by atoms with van der Waals surface area (Å²) in [5, 5.41) is 0.773. The largest absolute Gasteiger partial charge is 0.434 e. The van der Waals surface area contributed by atoms with E-state index in [2.05, 4.69) is 28.4 Å². The maximum Gasteiger partial charge on any atom is 0.387 e. The molecular weight excluding hydrogens is 486 g/mol. The van der Waals surface area contributed by atoms with Gasteiger partial charge in [0.1, 0.15) is 11.6 Å². The van der Waals surface area contributed by atoms with Gasteiger partial charge in [0.15, 0.2) is 5.65 Å². The number of fused-ring (bicyclic) bond motifs is 1. The number of alkyl halides is 2. The van der Waals surface area contributed by atoms with Crippen LogP contribution >= 0.6 is 0 Å². The lowest BCUT2D eigenvalue weighted by Gasteiger charge is -2.37. The molecule has 2 N–H and O–H groups in total. The number of nitrogens with zero attached hydrogens (tertiary/aromatic N) is 5. The Labute approximate surface area is 212 Å². The topological polar surface area (TPSA) is 116 Å². The van der Waals surface area contributed by atoms with E-state index in [1.54, 1.807) is 12.1 Å². The van der Waals surface area contributed by atoms with Gasteiger partial charge in [-0.05, 0) is 44.2 Å². The summed E-state index contributed by atoms with van der Waals surface area (Å²) in [7, 11) is 0. The van der Waals surface area contributed by atoms with Crippen molar-refractivity contribution in [3.8, 4) is 17.0 Å². The number of carbonyl (C=O) groups is 1. The molecule has 0 radical (unpaired) electrons. The van der Waals surface area contributed by atoms with E-state index in [4.69, 9.17) is 30.2 Å². The number of primary amides is 1. The van der Waals surface area contributed by atoms with Crippen molar-refractivity contribution in [1.82, 2.24) is 15.0 Å². The molecule has 4 heterocycles. The lowest BCUT2D eigenvalue weighted by atomic mass is 10.1. The molecule has 1 aromatic carbocycles. The molecule has 0 spiro atoms. The minimum Gasteiger partial charge on any atom is -0.434 e. The summed E-state index contributed by atoms with van der Waals surface area (Å²) < 4.78 is 41.2. The SMILES string of the molecule is CC1COCCN1c1nc(N2CCOCC2C)c2ccc(-c3ccc(OC(F)F)c(C(N)=O)c3)nc2n1. The summed E-state index contributed by atoms with van der Waals surface area (Å²) in [5.41, 5.74) is 6.75. The van der Waals surface area contributed by atoms with E-state index in [9.17, 15) is 13.6 Å². The first-order chi connectivity index (χ1) is 17.8. The number of benzene rings is 1. The van der Waals surface area contributed by atoms with E-state index in [1.165, 1.54) is 12.1 Å². The lowest BCUT2D eigenvalue weighted by molar-refractivity contribution is -0.0501. The van der Waals surface area contributed by atoms with Crippen LogP contribution in [-0.4, -0.2) is 79.1 Å². The van der Waals surface area contributed by atoms with Crippen LogP contribution in [0.3, 0.4) is 0 Å². The first-order valence-electron chi connectivity index (χ1n) is 12.1. The summed E-state index contributed by atoms with van der Waals surface area (Å²) >= 11 is 0. The summed E-state index contributed by atoms with van der Waals surface area (Å²) in [4.78, 5) is 30.8. The number of carbonyl (C=O) groups excluding carboxylic acids is 1. The third-order valence-electron chi connectivity index (χ3n) is 6.55. The van der Waals surface area contributed by atoms with Crippen LogP contribution in [0.25, 0.3) is 22.3 Å². The molecule has 2 unspecified atom stereocenters. The highest BCUT2D eigenvalue weighted by atomic mass is 19.3. The third kappa shape index (κ3) is 5.12. The van der Waals surface area contributed by atoms with Crippen molar-refractivity contribution in [2.24, 2.45) is 5.73 Å². The highest BCUT2D eigenvalue weighted by Crippen LogP contribution is 2.32. The average Bonchev–Trinajstić information content (AvgIpc) is 2.88. The highest BCUT2D eigenvalue weighted by Gasteiger charge is 2.27. The fourth-order valence-electron chi connectivity index (χ4n) is 4.64. The van der Waals surface area contributed by atoms with Gasteiger partial charge in [0, 0.05) is 18.7 Å². The minimum absolute atomic E-state index is 0.0878. The van der Waals surface area contributed by atoms with Gasteiger partial charge in [-0.25, -0.2) is 4.98 Å². The molecule has 1 amide bonds. The van der Waals surface area contributed by atoms with Crippen LogP contribution in [0.1, 0.15) is 24.2 Å². The molecule has 37 heavy (non-hydrogen) atoms. The van der Waals surface area contributed by atoms with Crippen LogP contribution < -0.4 is 20.3 Å². The van der Waals surface area contributed by atoms with Crippen molar-refractivity contribution in [2.75, 3.05) is 49.3 Å². The van der Waals surface area contributed by atoms with Crippen LogP contribution in [0, 0.1) is 0 Å².